The minimum absolute atomic E-state index is 0.670. The Labute approximate surface area is 123 Å². The van der Waals surface area contributed by atoms with Gasteiger partial charge in [-0.25, -0.2) is 4.98 Å². The second kappa shape index (κ2) is 6.52. The molecular weight excluding hydrogens is 260 g/mol. The summed E-state index contributed by atoms with van der Waals surface area (Å²) in [5.74, 6) is 0. The number of anilines is 1. The number of nitrogens with zero attached hydrogens (tertiary/aromatic N) is 3. The van der Waals surface area contributed by atoms with Gasteiger partial charge in [0, 0.05) is 12.4 Å². The van der Waals surface area contributed by atoms with Gasteiger partial charge in [0.05, 0.1) is 24.3 Å². The van der Waals surface area contributed by atoms with E-state index in [1.54, 1.807) is 12.5 Å². The number of hydrogen-bond donors (Lipinski definition) is 1. The van der Waals surface area contributed by atoms with Crippen LogP contribution in [0.5, 0.6) is 0 Å². The molecule has 21 heavy (non-hydrogen) atoms. The predicted octanol–water partition coefficient (Wildman–Crippen LogP) is 3.40. The lowest BCUT2D eigenvalue weighted by Gasteiger charge is -2.09. The number of nitrogens with one attached hydrogen (secondary N) is 1. The minimum Gasteiger partial charge on any atom is -0.331 e. The molecule has 0 aliphatic rings. The Morgan fingerprint density at radius 1 is 1.00 bits per heavy atom. The first kappa shape index (κ1) is 13.1. The van der Waals surface area contributed by atoms with Crippen molar-refractivity contribution in [2.75, 3.05) is 5.43 Å². The van der Waals surface area contributed by atoms with Gasteiger partial charge in [0.2, 0.25) is 0 Å². The SMILES string of the molecule is c1ccc(N/N=C(/Cn2ccnc2)c2ccccc2)cc1. The van der Waals surface area contributed by atoms with Crippen molar-refractivity contribution in [3.05, 3.63) is 84.9 Å². The van der Waals surface area contributed by atoms with Crippen LogP contribution >= 0.6 is 0 Å². The van der Waals surface area contributed by atoms with Crippen LogP contribution < -0.4 is 5.43 Å². The van der Waals surface area contributed by atoms with Gasteiger partial charge in [0.1, 0.15) is 0 Å². The van der Waals surface area contributed by atoms with Crippen LogP contribution in [0.15, 0.2) is 84.5 Å². The van der Waals surface area contributed by atoms with Crippen molar-refractivity contribution in [1.29, 1.82) is 0 Å². The van der Waals surface area contributed by atoms with Crippen molar-refractivity contribution >= 4 is 11.4 Å². The molecule has 1 aromatic heterocycles. The van der Waals surface area contributed by atoms with Gasteiger partial charge >= 0.3 is 0 Å². The molecule has 4 nitrogen and oxygen atoms in total. The third-order valence-electron chi connectivity index (χ3n) is 3.09. The molecule has 2 aromatic carbocycles. The molecule has 0 spiro atoms. The van der Waals surface area contributed by atoms with Crippen LogP contribution in [0.25, 0.3) is 0 Å². The van der Waals surface area contributed by atoms with E-state index < -0.39 is 0 Å². The maximum absolute atomic E-state index is 4.56. The lowest BCUT2D eigenvalue weighted by atomic mass is 10.1. The first-order valence-corrected chi connectivity index (χ1v) is 6.80. The summed E-state index contributed by atoms with van der Waals surface area (Å²) in [5.41, 5.74) is 6.13. The maximum atomic E-state index is 4.56. The summed E-state index contributed by atoms with van der Waals surface area (Å²) in [7, 11) is 0. The van der Waals surface area contributed by atoms with Gasteiger partial charge in [-0.1, -0.05) is 48.5 Å². The van der Waals surface area contributed by atoms with Crippen LogP contribution in [0.1, 0.15) is 5.56 Å². The molecule has 0 aliphatic heterocycles. The fourth-order valence-electron chi connectivity index (χ4n) is 2.02. The van der Waals surface area contributed by atoms with E-state index in [1.165, 1.54) is 0 Å². The first-order valence-electron chi connectivity index (χ1n) is 6.80. The Morgan fingerprint density at radius 3 is 2.38 bits per heavy atom. The quantitative estimate of drug-likeness (QED) is 0.573. The molecule has 0 radical (unpaired) electrons. The average Bonchev–Trinajstić information content (AvgIpc) is 3.06. The van der Waals surface area contributed by atoms with Gasteiger partial charge in [-0.3, -0.25) is 5.43 Å². The lowest BCUT2D eigenvalue weighted by Crippen LogP contribution is -2.12. The highest BCUT2D eigenvalue weighted by Gasteiger charge is 2.04. The zero-order chi connectivity index (χ0) is 14.3. The molecule has 0 bridgehead atoms. The highest BCUT2D eigenvalue weighted by molar-refractivity contribution is 6.00. The van der Waals surface area contributed by atoms with E-state index in [4.69, 9.17) is 0 Å². The Balaban J connectivity index is 1.85. The van der Waals surface area contributed by atoms with E-state index in [9.17, 15) is 0 Å². The molecule has 0 fully saturated rings. The number of aromatic nitrogens is 2. The zero-order valence-corrected chi connectivity index (χ0v) is 11.6. The molecule has 3 rings (SSSR count). The summed E-state index contributed by atoms with van der Waals surface area (Å²) in [6.45, 7) is 0.670. The number of hydrogen-bond acceptors (Lipinski definition) is 3. The number of imidazole rings is 1. The summed E-state index contributed by atoms with van der Waals surface area (Å²) in [5, 5.41) is 4.56. The minimum atomic E-state index is 0.670. The van der Waals surface area contributed by atoms with E-state index in [0.29, 0.717) is 6.54 Å². The Morgan fingerprint density at radius 2 is 1.71 bits per heavy atom. The second-order valence-electron chi connectivity index (χ2n) is 4.64. The fourth-order valence-corrected chi connectivity index (χ4v) is 2.02. The van der Waals surface area contributed by atoms with E-state index in [1.807, 2.05) is 59.3 Å². The summed E-state index contributed by atoms with van der Waals surface area (Å²) in [6.07, 6.45) is 5.50. The van der Waals surface area contributed by atoms with E-state index in [0.717, 1.165) is 17.0 Å². The number of benzene rings is 2. The Hall–Kier alpha value is -2.88. The second-order valence-corrected chi connectivity index (χ2v) is 4.64. The molecule has 0 unspecified atom stereocenters. The molecule has 0 atom stereocenters. The third kappa shape index (κ3) is 3.57. The molecule has 0 saturated carbocycles. The number of para-hydroxylation sites is 1. The van der Waals surface area contributed by atoms with Crippen LogP contribution in [0.2, 0.25) is 0 Å². The fraction of sp³-hybridized carbons (Fsp3) is 0.0588. The van der Waals surface area contributed by atoms with Crippen molar-refractivity contribution in [2.45, 2.75) is 6.54 Å². The summed E-state index contributed by atoms with van der Waals surface area (Å²) < 4.78 is 2.00. The predicted molar refractivity (Wildman–Crippen MR) is 85.3 cm³/mol. The number of rotatable bonds is 5. The van der Waals surface area contributed by atoms with E-state index in [2.05, 4.69) is 27.6 Å². The molecule has 0 saturated heterocycles. The molecule has 104 valence electrons. The van der Waals surface area contributed by atoms with E-state index >= 15 is 0 Å². The Kier molecular flexibility index (Phi) is 4.07. The summed E-state index contributed by atoms with van der Waals surface area (Å²) >= 11 is 0. The Bertz CT molecular complexity index is 688. The van der Waals surface area contributed by atoms with Crippen molar-refractivity contribution < 1.29 is 0 Å². The smallest absolute Gasteiger partial charge is 0.0949 e. The van der Waals surface area contributed by atoms with Crippen molar-refractivity contribution in [1.82, 2.24) is 9.55 Å². The summed E-state index contributed by atoms with van der Waals surface area (Å²) in [4.78, 5) is 4.07. The van der Waals surface area contributed by atoms with Crippen LogP contribution in [0, 0.1) is 0 Å². The van der Waals surface area contributed by atoms with Crippen molar-refractivity contribution in [3.63, 3.8) is 0 Å². The third-order valence-corrected chi connectivity index (χ3v) is 3.09. The van der Waals surface area contributed by atoms with Gasteiger partial charge in [-0.15, -0.1) is 0 Å². The maximum Gasteiger partial charge on any atom is 0.0949 e. The molecule has 0 aliphatic carbocycles. The topological polar surface area (TPSA) is 42.2 Å². The van der Waals surface area contributed by atoms with Gasteiger partial charge in [-0.2, -0.15) is 5.10 Å². The highest BCUT2D eigenvalue weighted by atomic mass is 15.3. The van der Waals surface area contributed by atoms with Crippen LogP contribution in [-0.2, 0) is 6.54 Å². The normalized spacial score (nSPS) is 11.3. The van der Waals surface area contributed by atoms with Crippen LogP contribution in [0.4, 0.5) is 5.69 Å². The van der Waals surface area contributed by atoms with Crippen molar-refractivity contribution in [2.24, 2.45) is 5.10 Å². The van der Waals surface area contributed by atoms with Crippen molar-refractivity contribution in [3.8, 4) is 0 Å². The van der Waals surface area contributed by atoms with Gasteiger partial charge in [0.25, 0.3) is 0 Å². The lowest BCUT2D eigenvalue weighted by molar-refractivity contribution is 0.848. The molecule has 3 aromatic rings. The monoisotopic (exact) mass is 276 g/mol. The molecule has 0 amide bonds. The molecular formula is C17H16N4. The van der Waals surface area contributed by atoms with Gasteiger partial charge in [-0.05, 0) is 17.7 Å². The molecule has 1 N–H and O–H groups in total. The van der Waals surface area contributed by atoms with Crippen LogP contribution in [0.3, 0.4) is 0 Å². The first-order chi connectivity index (χ1) is 10.4. The molecule has 1 heterocycles. The van der Waals surface area contributed by atoms with Gasteiger partial charge < -0.3 is 4.57 Å². The highest BCUT2D eigenvalue weighted by Crippen LogP contribution is 2.08. The standard InChI is InChI=1S/C17H16N4/c1-3-7-15(8-4-1)17(13-21-12-11-18-14-21)20-19-16-9-5-2-6-10-16/h1-12,14,19H,13H2/b20-17-. The number of hydrazone groups is 1. The van der Waals surface area contributed by atoms with E-state index in [-0.39, 0.29) is 0 Å². The summed E-state index contributed by atoms with van der Waals surface area (Å²) in [6, 6.07) is 20.1. The van der Waals surface area contributed by atoms with Gasteiger partial charge in [0.15, 0.2) is 0 Å². The van der Waals surface area contributed by atoms with Crippen LogP contribution in [-0.4, -0.2) is 15.3 Å². The largest absolute Gasteiger partial charge is 0.331 e. The molecule has 4 heteroatoms. The average molecular weight is 276 g/mol. The zero-order valence-electron chi connectivity index (χ0n) is 11.6.